The van der Waals surface area contributed by atoms with Gasteiger partial charge < -0.3 is 15.9 Å². The van der Waals surface area contributed by atoms with E-state index in [1.807, 2.05) is 0 Å². The van der Waals surface area contributed by atoms with E-state index in [2.05, 4.69) is 5.32 Å². The number of amides is 4. The van der Waals surface area contributed by atoms with Gasteiger partial charge in [0.05, 0.1) is 11.1 Å². The topological polar surface area (TPSA) is 119 Å². The van der Waals surface area contributed by atoms with Crippen LogP contribution in [0.15, 0.2) is 24.3 Å². The lowest BCUT2D eigenvalue weighted by molar-refractivity contribution is -0.170. The van der Waals surface area contributed by atoms with Crippen LogP contribution in [0, 0.1) is 0 Å². The Hall–Kier alpha value is -2.90. The largest absolute Gasteiger partial charge is 0.355 e. The van der Waals surface area contributed by atoms with E-state index >= 15 is 0 Å². The zero-order valence-electron chi connectivity index (χ0n) is 11.2. The Balaban J connectivity index is 2.14. The number of benzene rings is 1. The summed E-state index contributed by atoms with van der Waals surface area (Å²) in [7, 11) is 0. The predicted octanol–water partition coefficient (Wildman–Crippen LogP) is 0.188. The number of rotatable bonds is 4. The molecule has 0 saturated heterocycles. The number of carbonyl (C=O) groups excluding carboxylic acids is 4. The third-order valence-corrected chi connectivity index (χ3v) is 2.95. The fourth-order valence-electron chi connectivity index (χ4n) is 1.90. The van der Waals surface area contributed by atoms with Crippen LogP contribution in [-0.2, 0) is 9.63 Å². The molecule has 1 aliphatic heterocycles. The molecular weight excluding hydrogens is 278 g/mol. The van der Waals surface area contributed by atoms with Crippen molar-refractivity contribution in [1.82, 2.24) is 10.4 Å². The maximum absolute atomic E-state index is 12.0. The van der Waals surface area contributed by atoms with Gasteiger partial charge in [-0.15, -0.1) is 0 Å². The number of urea groups is 1. The van der Waals surface area contributed by atoms with Gasteiger partial charge in [-0.1, -0.05) is 24.1 Å². The van der Waals surface area contributed by atoms with Crippen LogP contribution >= 0.6 is 0 Å². The highest BCUT2D eigenvalue weighted by Crippen LogP contribution is 2.22. The number of hydroxylamine groups is 2. The number of nitrogens with one attached hydrogen (secondary N) is 1. The van der Waals surface area contributed by atoms with Gasteiger partial charge in [0.1, 0.15) is 6.04 Å². The minimum Gasteiger partial charge on any atom is -0.352 e. The molecule has 0 aliphatic carbocycles. The fraction of sp³-hybridized carbons (Fsp3) is 0.231. The van der Waals surface area contributed by atoms with Crippen molar-refractivity contribution < 1.29 is 24.0 Å². The molecule has 2 rings (SSSR count). The van der Waals surface area contributed by atoms with Crippen molar-refractivity contribution in [3.8, 4) is 0 Å². The molecule has 21 heavy (non-hydrogen) atoms. The van der Waals surface area contributed by atoms with Gasteiger partial charge >= 0.3 is 12.0 Å². The van der Waals surface area contributed by atoms with Gasteiger partial charge in [0.25, 0.3) is 11.8 Å². The Morgan fingerprint density at radius 2 is 1.76 bits per heavy atom. The fourth-order valence-corrected chi connectivity index (χ4v) is 1.90. The summed E-state index contributed by atoms with van der Waals surface area (Å²) in [6, 6.07) is 4.18. The molecule has 0 radical (unpaired) electrons. The lowest BCUT2D eigenvalue weighted by Gasteiger charge is -2.18. The first-order valence-electron chi connectivity index (χ1n) is 6.21. The number of nitrogens with zero attached hydrogens (tertiary/aromatic N) is 1. The van der Waals surface area contributed by atoms with Gasteiger partial charge in [-0.25, -0.2) is 9.59 Å². The second-order valence-electron chi connectivity index (χ2n) is 4.33. The summed E-state index contributed by atoms with van der Waals surface area (Å²) in [5, 5.41) is 2.56. The number of hydrogen-bond acceptors (Lipinski definition) is 5. The molecule has 1 atom stereocenters. The van der Waals surface area contributed by atoms with E-state index in [0.29, 0.717) is 5.06 Å². The first-order chi connectivity index (χ1) is 9.95. The highest BCUT2D eigenvalue weighted by atomic mass is 16.7. The van der Waals surface area contributed by atoms with E-state index in [0.717, 1.165) is 0 Å². The van der Waals surface area contributed by atoms with E-state index in [-0.39, 0.29) is 17.5 Å². The zero-order valence-corrected chi connectivity index (χ0v) is 11.2. The number of fused-ring (bicyclic) bond motifs is 1. The second kappa shape index (κ2) is 5.61. The quantitative estimate of drug-likeness (QED) is 0.767. The minimum atomic E-state index is -1.04. The van der Waals surface area contributed by atoms with Crippen LogP contribution in [0.4, 0.5) is 4.79 Å². The molecule has 0 bridgehead atoms. The van der Waals surface area contributed by atoms with Crippen LogP contribution in [0.2, 0.25) is 0 Å². The van der Waals surface area contributed by atoms with Crippen LogP contribution in [0.3, 0.4) is 0 Å². The Morgan fingerprint density at radius 3 is 2.19 bits per heavy atom. The van der Waals surface area contributed by atoms with Crippen LogP contribution in [-0.4, -0.2) is 34.9 Å². The Bertz CT molecular complexity index is 593. The van der Waals surface area contributed by atoms with Gasteiger partial charge in [-0.2, -0.15) is 0 Å². The molecule has 3 N–H and O–H groups in total. The molecule has 0 saturated carbocycles. The number of nitrogens with two attached hydrogens (primary N) is 1. The monoisotopic (exact) mass is 291 g/mol. The van der Waals surface area contributed by atoms with Gasteiger partial charge in [0.2, 0.25) is 0 Å². The molecule has 8 nitrogen and oxygen atoms in total. The number of imide groups is 1. The van der Waals surface area contributed by atoms with E-state index < -0.39 is 29.9 Å². The van der Waals surface area contributed by atoms with Crippen molar-refractivity contribution in [3.63, 3.8) is 0 Å². The first kappa shape index (κ1) is 14.5. The molecule has 0 aromatic heterocycles. The summed E-state index contributed by atoms with van der Waals surface area (Å²) in [6.45, 7) is 1.62. The second-order valence-corrected chi connectivity index (χ2v) is 4.33. The number of carbonyl (C=O) groups is 4. The lowest BCUT2D eigenvalue weighted by atomic mass is 10.1. The van der Waals surface area contributed by atoms with E-state index in [1.165, 1.54) is 12.1 Å². The molecule has 1 aliphatic rings. The third-order valence-electron chi connectivity index (χ3n) is 2.95. The summed E-state index contributed by atoms with van der Waals surface area (Å²) in [6.07, 6.45) is 0.199. The molecule has 1 heterocycles. The summed E-state index contributed by atoms with van der Waals surface area (Å²) < 4.78 is 0. The summed E-state index contributed by atoms with van der Waals surface area (Å²) in [5.74, 6) is -2.39. The van der Waals surface area contributed by atoms with Crippen molar-refractivity contribution in [1.29, 1.82) is 0 Å². The Kier molecular flexibility index (Phi) is 3.88. The van der Waals surface area contributed by atoms with Crippen LogP contribution in [0.25, 0.3) is 0 Å². The van der Waals surface area contributed by atoms with Crippen molar-refractivity contribution in [3.05, 3.63) is 35.4 Å². The summed E-state index contributed by atoms with van der Waals surface area (Å²) >= 11 is 0. The SMILES string of the molecule is CCC(NC(N)=O)C(=O)ON1C(=O)c2ccccc2C1=O. The molecular formula is C13H13N3O5. The minimum absolute atomic E-state index is 0.159. The molecule has 0 fully saturated rings. The maximum Gasteiger partial charge on any atom is 0.355 e. The standard InChI is InChI=1S/C13H13N3O5/c1-2-9(15-13(14)20)12(19)21-16-10(17)7-5-3-4-6-8(7)11(16)18/h3-6,9H,2H2,1H3,(H3,14,15,20). The van der Waals surface area contributed by atoms with Crippen molar-refractivity contribution in [2.24, 2.45) is 5.73 Å². The molecule has 1 aromatic rings. The van der Waals surface area contributed by atoms with Gasteiger partial charge in [0, 0.05) is 0 Å². The number of primary amides is 1. The average molecular weight is 291 g/mol. The predicted molar refractivity (Wildman–Crippen MR) is 69.8 cm³/mol. The maximum atomic E-state index is 12.0. The van der Waals surface area contributed by atoms with Gasteiger partial charge in [0.15, 0.2) is 0 Å². The van der Waals surface area contributed by atoms with Gasteiger partial charge in [-0.05, 0) is 18.6 Å². The highest BCUT2D eigenvalue weighted by molar-refractivity contribution is 6.20. The van der Waals surface area contributed by atoms with Crippen LogP contribution in [0.5, 0.6) is 0 Å². The van der Waals surface area contributed by atoms with Crippen LogP contribution in [0.1, 0.15) is 34.1 Å². The number of hydrogen-bond donors (Lipinski definition) is 2. The van der Waals surface area contributed by atoms with Gasteiger partial charge in [-0.3, -0.25) is 9.59 Å². The third kappa shape index (κ3) is 2.69. The average Bonchev–Trinajstić information content (AvgIpc) is 2.70. The molecule has 0 spiro atoms. The smallest absolute Gasteiger partial charge is 0.352 e. The Morgan fingerprint density at radius 1 is 1.24 bits per heavy atom. The van der Waals surface area contributed by atoms with Crippen molar-refractivity contribution in [2.75, 3.05) is 0 Å². The first-order valence-corrected chi connectivity index (χ1v) is 6.21. The molecule has 110 valence electrons. The van der Waals surface area contributed by atoms with E-state index in [9.17, 15) is 19.2 Å². The summed E-state index contributed by atoms with van der Waals surface area (Å²) in [4.78, 5) is 51.4. The normalized spacial score (nSPS) is 14.6. The zero-order chi connectivity index (χ0) is 15.6. The summed E-state index contributed by atoms with van der Waals surface area (Å²) in [5.41, 5.74) is 5.25. The van der Waals surface area contributed by atoms with E-state index in [4.69, 9.17) is 10.6 Å². The Labute approximate surface area is 119 Å². The van der Waals surface area contributed by atoms with Crippen molar-refractivity contribution >= 4 is 23.8 Å². The highest BCUT2D eigenvalue weighted by Gasteiger charge is 2.39. The lowest BCUT2D eigenvalue weighted by Crippen LogP contribution is -2.46. The van der Waals surface area contributed by atoms with Crippen LogP contribution < -0.4 is 11.1 Å². The molecule has 1 unspecified atom stereocenters. The van der Waals surface area contributed by atoms with Crippen molar-refractivity contribution in [2.45, 2.75) is 19.4 Å². The molecule has 4 amide bonds. The molecule has 8 heteroatoms. The molecule has 1 aromatic carbocycles. The van der Waals surface area contributed by atoms with E-state index in [1.54, 1.807) is 19.1 Å².